The molecule has 0 fully saturated rings. The molecule has 4 aromatic rings. The van der Waals surface area contributed by atoms with Crippen molar-refractivity contribution in [1.82, 2.24) is 4.57 Å². The van der Waals surface area contributed by atoms with Crippen LogP contribution in [0.2, 0.25) is 0 Å². The first kappa shape index (κ1) is 25.3. The molecule has 0 saturated carbocycles. The zero-order valence-corrected chi connectivity index (χ0v) is 20.1. The maximum Gasteiger partial charge on any atom is 0.265 e. The Kier molecular flexibility index (Phi) is 8.57. The highest BCUT2D eigenvalue weighted by Crippen LogP contribution is 2.27. The molecule has 0 aliphatic carbocycles. The van der Waals surface area contributed by atoms with Crippen LogP contribution in [0.25, 0.3) is 5.69 Å². The fraction of sp³-hybridized carbons (Fsp3) is 0.200. The van der Waals surface area contributed by atoms with Crippen molar-refractivity contribution in [1.29, 1.82) is 0 Å². The summed E-state index contributed by atoms with van der Waals surface area (Å²) in [7, 11) is 0. The molecule has 2 atom stereocenters. The Labute approximate surface area is 210 Å². The van der Waals surface area contributed by atoms with Gasteiger partial charge < -0.3 is 14.6 Å². The standard InChI is InChI=1S/C30H29NO5/c1-22(33)27-17-25(18-31(30(27)34)26-15-9-4-10-16-26)29(36-21-24-13-7-3-8-14-24)28(19-32)35-20-23-11-5-2-6-12-23/h2-18,28-29,32H,19-21H2,1H3/t28-,29+/m0/s1. The number of aromatic nitrogens is 1. The number of para-hydroxylation sites is 1. The lowest BCUT2D eigenvalue weighted by molar-refractivity contribution is -0.106. The van der Waals surface area contributed by atoms with Crippen LogP contribution in [0, 0.1) is 0 Å². The van der Waals surface area contributed by atoms with Gasteiger partial charge in [0.25, 0.3) is 5.56 Å². The molecule has 0 aliphatic heterocycles. The Bertz CT molecular complexity index is 1320. The van der Waals surface area contributed by atoms with Gasteiger partial charge in [-0.3, -0.25) is 14.2 Å². The van der Waals surface area contributed by atoms with Gasteiger partial charge in [0.1, 0.15) is 12.2 Å². The second-order valence-electron chi connectivity index (χ2n) is 8.49. The zero-order chi connectivity index (χ0) is 25.3. The number of hydrogen-bond acceptors (Lipinski definition) is 5. The van der Waals surface area contributed by atoms with E-state index in [1.54, 1.807) is 24.4 Å². The summed E-state index contributed by atoms with van der Waals surface area (Å²) in [4.78, 5) is 25.6. The predicted molar refractivity (Wildman–Crippen MR) is 138 cm³/mol. The topological polar surface area (TPSA) is 77.8 Å². The Balaban J connectivity index is 1.74. The van der Waals surface area contributed by atoms with Crippen molar-refractivity contribution in [2.45, 2.75) is 32.3 Å². The first-order valence-electron chi connectivity index (χ1n) is 11.8. The first-order valence-corrected chi connectivity index (χ1v) is 11.8. The van der Waals surface area contributed by atoms with Crippen LogP contribution in [0.1, 0.15) is 40.1 Å². The lowest BCUT2D eigenvalue weighted by atomic mass is 10.0. The van der Waals surface area contributed by atoms with Crippen molar-refractivity contribution in [3.05, 3.63) is 136 Å². The number of carbonyl (C=O) groups is 1. The van der Waals surface area contributed by atoms with Crippen molar-refractivity contribution in [2.75, 3.05) is 6.61 Å². The van der Waals surface area contributed by atoms with Crippen LogP contribution in [0.4, 0.5) is 0 Å². The van der Waals surface area contributed by atoms with Crippen molar-refractivity contribution < 1.29 is 19.4 Å². The van der Waals surface area contributed by atoms with Crippen molar-refractivity contribution in [3.8, 4) is 5.69 Å². The fourth-order valence-corrected chi connectivity index (χ4v) is 3.98. The number of benzene rings is 3. The van der Waals surface area contributed by atoms with Gasteiger partial charge in [0.05, 0.1) is 25.4 Å². The van der Waals surface area contributed by atoms with Crippen molar-refractivity contribution in [3.63, 3.8) is 0 Å². The van der Waals surface area contributed by atoms with Crippen LogP contribution in [0.3, 0.4) is 0 Å². The van der Waals surface area contributed by atoms with Gasteiger partial charge in [-0.05, 0) is 36.2 Å². The van der Waals surface area contributed by atoms with Crippen LogP contribution in [-0.2, 0) is 22.7 Å². The van der Waals surface area contributed by atoms with E-state index in [4.69, 9.17) is 9.47 Å². The monoisotopic (exact) mass is 483 g/mol. The van der Waals surface area contributed by atoms with Gasteiger partial charge in [-0.1, -0.05) is 78.9 Å². The number of nitrogens with zero attached hydrogens (tertiary/aromatic N) is 1. The van der Waals surface area contributed by atoms with Gasteiger partial charge in [0, 0.05) is 17.4 Å². The number of aliphatic hydroxyl groups excluding tert-OH is 1. The number of ether oxygens (including phenoxy) is 2. The van der Waals surface area contributed by atoms with E-state index in [-0.39, 0.29) is 31.2 Å². The Hall–Kier alpha value is -3.84. The van der Waals surface area contributed by atoms with Crippen LogP contribution < -0.4 is 5.56 Å². The summed E-state index contributed by atoms with van der Waals surface area (Å²) in [5, 5.41) is 10.3. The van der Waals surface area contributed by atoms with E-state index in [1.165, 1.54) is 11.5 Å². The molecule has 0 bridgehead atoms. The van der Waals surface area contributed by atoms with Crippen LogP contribution in [0.15, 0.2) is 108 Å². The normalized spacial score (nSPS) is 12.7. The zero-order valence-electron chi connectivity index (χ0n) is 20.1. The summed E-state index contributed by atoms with van der Waals surface area (Å²) in [5.41, 5.74) is 2.72. The molecule has 1 N–H and O–H groups in total. The SMILES string of the molecule is CC(=O)c1cc([C@@H](OCc2ccccc2)[C@H](CO)OCc2ccccc2)cn(-c2ccccc2)c1=O. The van der Waals surface area contributed by atoms with Gasteiger partial charge in [-0.2, -0.15) is 0 Å². The molecule has 1 heterocycles. The summed E-state index contributed by atoms with van der Waals surface area (Å²) < 4.78 is 13.9. The number of carbonyl (C=O) groups excluding carboxylic acids is 1. The maximum absolute atomic E-state index is 13.1. The van der Waals surface area contributed by atoms with E-state index < -0.39 is 17.8 Å². The lowest BCUT2D eigenvalue weighted by Gasteiger charge is -2.27. The molecule has 0 amide bonds. The molecule has 0 spiro atoms. The third-order valence-electron chi connectivity index (χ3n) is 5.88. The van der Waals surface area contributed by atoms with Crippen molar-refractivity contribution in [2.24, 2.45) is 0 Å². The first-order chi connectivity index (χ1) is 17.6. The van der Waals surface area contributed by atoms with Crippen LogP contribution >= 0.6 is 0 Å². The molecule has 184 valence electrons. The lowest BCUT2D eigenvalue weighted by Crippen LogP contribution is -2.31. The molecule has 6 nitrogen and oxygen atoms in total. The van der Waals surface area contributed by atoms with Crippen LogP contribution in [0.5, 0.6) is 0 Å². The molecule has 0 unspecified atom stereocenters. The highest BCUT2D eigenvalue weighted by Gasteiger charge is 2.27. The number of hydrogen-bond donors (Lipinski definition) is 1. The summed E-state index contributed by atoms with van der Waals surface area (Å²) >= 11 is 0. The number of aliphatic hydroxyl groups is 1. The maximum atomic E-state index is 13.1. The van der Waals surface area contributed by atoms with Gasteiger partial charge in [-0.25, -0.2) is 0 Å². The number of pyridine rings is 1. The average molecular weight is 484 g/mol. The molecule has 36 heavy (non-hydrogen) atoms. The molecule has 6 heteroatoms. The molecule has 3 aromatic carbocycles. The highest BCUT2D eigenvalue weighted by atomic mass is 16.5. The quantitative estimate of drug-likeness (QED) is 0.308. The highest BCUT2D eigenvalue weighted by molar-refractivity contribution is 5.93. The smallest absolute Gasteiger partial charge is 0.265 e. The van der Waals surface area contributed by atoms with Gasteiger partial charge in [0.15, 0.2) is 5.78 Å². The number of ketones is 1. The van der Waals surface area contributed by atoms with E-state index in [0.717, 1.165) is 11.1 Å². The molecular formula is C30H29NO5. The van der Waals surface area contributed by atoms with E-state index in [1.807, 2.05) is 78.9 Å². The van der Waals surface area contributed by atoms with Gasteiger partial charge in [-0.15, -0.1) is 0 Å². The average Bonchev–Trinajstić information content (AvgIpc) is 2.92. The number of Topliss-reactive ketones (excluding diaryl/α,β-unsaturated/α-hetero) is 1. The molecule has 1 aromatic heterocycles. The summed E-state index contributed by atoms with van der Waals surface area (Å²) in [6.45, 7) is 1.59. The van der Waals surface area contributed by atoms with Gasteiger partial charge >= 0.3 is 0 Å². The molecular weight excluding hydrogens is 454 g/mol. The fourth-order valence-electron chi connectivity index (χ4n) is 3.98. The molecule has 0 radical (unpaired) electrons. The Morgan fingerprint density at radius 3 is 1.89 bits per heavy atom. The number of rotatable bonds is 11. The third kappa shape index (κ3) is 6.23. The Morgan fingerprint density at radius 1 is 0.833 bits per heavy atom. The Morgan fingerprint density at radius 2 is 1.36 bits per heavy atom. The third-order valence-corrected chi connectivity index (χ3v) is 5.88. The summed E-state index contributed by atoms with van der Waals surface area (Å²) in [6.07, 6.45) is 0.178. The van der Waals surface area contributed by atoms with E-state index in [2.05, 4.69) is 0 Å². The van der Waals surface area contributed by atoms with E-state index in [0.29, 0.717) is 11.3 Å². The minimum atomic E-state index is -0.743. The summed E-state index contributed by atoms with van der Waals surface area (Å²) in [5.74, 6) is -0.348. The van der Waals surface area contributed by atoms with E-state index >= 15 is 0 Å². The molecule has 0 aliphatic rings. The summed E-state index contributed by atoms with van der Waals surface area (Å²) in [6, 6.07) is 30.0. The molecule has 4 rings (SSSR count). The second kappa shape index (κ2) is 12.2. The largest absolute Gasteiger partial charge is 0.394 e. The minimum absolute atomic E-state index is 0.0458. The van der Waals surface area contributed by atoms with Gasteiger partial charge in [0.2, 0.25) is 0 Å². The van der Waals surface area contributed by atoms with Crippen LogP contribution in [-0.4, -0.2) is 28.2 Å². The molecule has 0 saturated heterocycles. The second-order valence-corrected chi connectivity index (χ2v) is 8.49. The van der Waals surface area contributed by atoms with Crippen molar-refractivity contribution >= 4 is 5.78 Å². The van der Waals surface area contributed by atoms with E-state index in [9.17, 15) is 14.7 Å². The predicted octanol–water partition coefficient (Wildman–Crippen LogP) is 4.88. The minimum Gasteiger partial charge on any atom is -0.394 e.